The van der Waals surface area contributed by atoms with Crippen molar-refractivity contribution >= 4 is 39.4 Å². The number of ether oxygens (including phenoxy) is 1. The number of hydrazone groups is 1. The predicted molar refractivity (Wildman–Crippen MR) is 98.5 cm³/mol. The Bertz CT molecular complexity index is 710. The van der Waals surface area contributed by atoms with Crippen LogP contribution in [0, 0.1) is 6.92 Å². The molecule has 1 N–H and O–H groups in total. The Morgan fingerprint density at radius 2 is 2.17 bits per heavy atom. The molecule has 0 saturated carbocycles. The fraction of sp³-hybridized carbons (Fsp3) is 0.294. The molecule has 2 aromatic rings. The van der Waals surface area contributed by atoms with Crippen molar-refractivity contribution in [2.45, 2.75) is 26.7 Å². The number of nitrogens with one attached hydrogen (secondary N) is 1. The van der Waals surface area contributed by atoms with Gasteiger partial charge in [-0.3, -0.25) is 4.79 Å². The number of hydrogen-bond acceptors (Lipinski definition) is 4. The van der Waals surface area contributed by atoms with Crippen LogP contribution in [-0.2, 0) is 4.79 Å². The predicted octanol–water partition coefficient (Wildman–Crippen LogP) is 4.47. The summed E-state index contributed by atoms with van der Waals surface area (Å²) < 4.78 is 6.35. The molecule has 4 nitrogen and oxygen atoms in total. The number of carbonyl (C=O) groups excluding carboxylic acids is 1. The molecule has 0 radical (unpaired) electrons. The Kier molecular flexibility index (Phi) is 6.36. The molecule has 0 atom stereocenters. The smallest absolute Gasteiger partial charge is 0.277 e. The Labute approximate surface area is 148 Å². The monoisotopic (exact) mass is 394 g/mol. The molecule has 0 bridgehead atoms. The van der Waals surface area contributed by atoms with Crippen LogP contribution >= 0.6 is 27.3 Å². The van der Waals surface area contributed by atoms with E-state index in [4.69, 9.17) is 4.74 Å². The summed E-state index contributed by atoms with van der Waals surface area (Å²) in [6.07, 6.45) is 1.63. The minimum absolute atomic E-state index is 0.0829. The lowest BCUT2D eigenvalue weighted by Crippen LogP contribution is -2.24. The first-order chi connectivity index (χ1) is 11.0. The van der Waals surface area contributed by atoms with Crippen LogP contribution in [0.4, 0.5) is 0 Å². The summed E-state index contributed by atoms with van der Waals surface area (Å²) in [6, 6.07) is 9.84. The van der Waals surface area contributed by atoms with Gasteiger partial charge in [0.2, 0.25) is 0 Å². The summed E-state index contributed by atoms with van der Waals surface area (Å²) in [5.41, 5.74) is 3.67. The topological polar surface area (TPSA) is 50.7 Å². The van der Waals surface area contributed by atoms with Gasteiger partial charge in [0.05, 0.1) is 10.7 Å². The van der Waals surface area contributed by atoms with Gasteiger partial charge in [0.15, 0.2) is 6.61 Å². The van der Waals surface area contributed by atoms with Crippen LogP contribution in [0.3, 0.4) is 0 Å². The van der Waals surface area contributed by atoms with Gasteiger partial charge in [-0.15, -0.1) is 11.3 Å². The van der Waals surface area contributed by atoms with Crippen LogP contribution in [0.2, 0.25) is 0 Å². The van der Waals surface area contributed by atoms with Crippen LogP contribution in [0.25, 0.3) is 0 Å². The quantitative estimate of drug-likeness (QED) is 0.580. The van der Waals surface area contributed by atoms with Crippen molar-refractivity contribution in [3.8, 4) is 5.75 Å². The second-order valence-corrected chi connectivity index (χ2v) is 7.55. The zero-order chi connectivity index (χ0) is 16.8. The summed E-state index contributed by atoms with van der Waals surface area (Å²) in [7, 11) is 0. The van der Waals surface area contributed by atoms with Crippen molar-refractivity contribution in [3.05, 3.63) is 50.1 Å². The van der Waals surface area contributed by atoms with Crippen LogP contribution in [0.15, 0.2) is 39.9 Å². The molecule has 1 aromatic heterocycles. The van der Waals surface area contributed by atoms with Crippen molar-refractivity contribution in [3.63, 3.8) is 0 Å². The van der Waals surface area contributed by atoms with Gasteiger partial charge in [0.1, 0.15) is 5.75 Å². The largest absolute Gasteiger partial charge is 0.483 e. The lowest BCUT2D eigenvalue weighted by molar-refractivity contribution is -0.123. The Hall–Kier alpha value is -1.66. The highest BCUT2D eigenvalue weighted by Gasteiger charge is 2.07. The normalized spacial score (nSPS) is 11.2. The van der Waals surface area contributed by atoms with E-state index in [2.05, 4.69) is 40.3 Å². The van der Waals surface area contributed by atoms with E-state index in [0.717, 1.165) is 9.35 Å². The maximum Gasteiger partial charge on any atom is 0.277 e. The van der Waals surface area contributed by atoms with E-state index in [1.54, 1.807) is 17.6 Å². The number of carbonyl (C=O) groups is 1. The van der Waals surface area contributed by atoms with Crippen molar-refractivity contribution in [1.29, 1.82) is 0 Å². The number of nitrogens with zero attached hydrogens (tertiary/aromatic N) is 1. The third-order valence-corrected chi connectivity index (χ3v) is 4.68. The van der Waals surface area contributed by atoms with Crippen molar-refractivity contribution in [1.82, 2.24) is 5.43 Å². The number of aryl methyl sites for hydroxylation is 1. The third kappa shape index (κ3) is 5.48. The van der Waals surface area contributed by atoms with Gasteiger partial charge in [-0.25, -0.2) is 5.43 Å². The SMILES string of the molecule is Cc1ccc(/C=N/NC(=O)COc2ccc(C(C)C)cc2Br)s1. The lowest BCUT2D eigenvalue weighted by atomic mass is 10.0. The molecule has 1 amide bonds. The number of hydrogen-bond donors (Lipinski definition) is 1. The second-order valence-electron chi connectivity index (χ2n) is 5.37. The minimum Gasteiger partial charge on any atom is -0.483 e. The first-order valence-corrected chi connectivity index (χ1v) is 8.87. The van der Waals surface area contributed by atoms with Gasteiger partial charge in [-0.05, 0) is 58.6 Å². The summed E-state index contributed by atoms with van der Waals surface area (Å²) >= 11 is 5.08. The van der Waals surface area contributed by atoms with E-state index < -0.39 is 0 Å². The average Bonchev–Trinajstić information content (AvgIpc) is 2.91. The molecule has 1 aromatic carbocycles. The van der Waals surface area contributed by atoms with Gasteiger partial charge >= 0.3 is 0 Å². The molecule has 6 heteroatoms. The van der Waals surface area contributed by atoms with Crippen molar-refractivity contribution < 1.29 is 9.53 Å². The standard InChI is InChI=1S/C17H19BrN2O2S/c1-11(2)13-5-7-16(15(18)8-13)22-10-17(21)20-19-9-14-6-4-12(3)23-14/h4-9,11H,10H2,1-3H3,(H,20,21)/b19-9+. The number of thiophene rings is 1. The molecular weight excluding hydrogens is 376 g/mol. The first kappa shape index (κ1) is 17.7. The summed E-state index contributed by atoms with van der Waals surface area (Å²) in [5.74, 6) is 0.788. The number of halogens is 1. The molecule has 122 valence electrons. The lowest BCUT2D eigenvalue weighted by Gasteiger charge is -2.10. The molecule has 23 heavy (non-hydrogen) atoms. The molecule has 0 aliphatic carbocycles. The van der Waals surface area contributed by atoms with E-state index in [9.17, 15) is 4.79 Å². The Balaban J connectivity index is 1.83. The zero-order valence-electron chi connectivity index (χ0n) is 13.3. The number of benzene rings is 1. The average molecular weight is 395 g/mol. The molecule has 0 aliphatic heterocycles. The Morgan fingerprint density at radius 1 is 1.39 bits per heavy atom. The maximum atomic E-state index is 11.7. The molecule has 0 aliphatic rings. The Morgan fingerprint density at radius 3 is 2.78 bits per heavy atom. The highest BCUT2D eigenvalue weighted by Crippen LogP contribution is 2.28. The fourth-order valence-electron chi connectivity index (χ4n) is 1.86. The summed E-state index contributed by atoms with van der Waals surface area (Å²) in [6.45, 7) is 6.20. The van der Waals surface area contributed by atoms with Crippen LogP contribution in [0.5, 0.6) is 5.75 Å². The second kappa shape index (κ2) is 8.26. The van der Waals surface area contributed by atoms with Crippen molar-refractivity contribution in [2.75, 3.05) is 6.61 Å². The molecule has 0 spiro atoms. The van der Waals surface area contributed by atoms with Gasteiger partial charge in [-0.1, -0.05) is 19.9 Å². The van der Waals surface area contributed by atoms with Crippen molar-refractivity contribution in [2.24, 2.45) is 5.10 Å². The summed E-state index contributed by atoms with van der Waals surface area (Å²) in [5, 5.41) is 3.92. The minimum atomic E-state index is -0.297. The van der Waals surface area contributed by atoms with E-state index in [1.165, 1.54) is 10.4 Å². The van der Waals surface area contributed by atoms with E-state index in [0.29, 0.717) is 11.7 Å². The van der Waals surface area contributed by atoms with E-state index in [-0.39, 0.29) is 12.5 Å². The van der Waals surface area contributed by atoms with Crippen LogP contribution < -0.4 is 10.2 Å². The highest BCUT2D eigenvalue weighted by atomic mass is 79.9. The molecular formula is C17H19BrN2O2S. The van der Waals surface area contributed by atoms with Crippen LogP contribution in [0.1, 0.15) is 35.1 Å². The van der Waals surface area contributed by atoms with Gasteiger partial charge in [-0.2, -0.15) is 5.10 Å². The van der Waals surface area contributed by atoms with Gasteiger partial charge in [0.25, 0.3) is 5.91 Å². The number of amides is 1. The molecule has 1 heterocycles. The van der Waals surface area contributed by atoms with E-state index in [1.807, 2.05) is 37.3 Å². The molecule has 0 saturated heterocycles. The maximum absolute atomic E-state index is 11.7. The fourth-order valence-corrected chi connectivity index (χ4v) is 3.12. The summed E-state index contributed by atoms with van der Waals surface area (Å²) in [4.78, 5) is 13.9. The first-order valence-electron chi connectivity index (χ1n) is 7.26. The number of rotatable bonds is 6. The zero-order valence-corrected chi connectivity index (χ0v) is 15.7. The van der Waals surface area contributed by atoms with Gasteiger partial charge in [0, 0.05) is 9.75 Å². The van der Waals surface area contributed by atoms with Gasteiger partial charge < -0.3 is 4.74 Å². The third-order valence-electron chi connectivity index (χ3n) is 3.12. The van der Waals surface area contributed by atoms with Crippen LogP contribution in [-0.4, -0.2) is 18.7 Å². The highest BCUT2D eigenvalue weighted by molar-refractivity contribution is 9.10. The molecule has 2 rings (SSSR count). The molecule has 0 fully saturated rings. The van der Waals surface area contributed by atoms with E-state index >= 15 is 0 Å². The molecule has 0 unspecified atom stereocenters.